The van der Waals surface area contributed by atoms with Gasteiger partial charge in [0.05, 0.1) is 0 Å². The molecular weight excluding hydrogens is 769 g/mol. The highest BCUT2D eigenvalue weighted by molar-refractivity contribution is 5.71. The highest BCUT2D eigenvalue weighted by Gasteiger charge is 2.19. The van der Waals surface area contributed by atoms with Crippen LogP contribution in [0.4, 0.5) is 0 Å². The molecule has 0 fully saturated rings. The van der Waals surface area contributed by atoms with Gasteiger partial charge in [-0.1, -0.05) is 217 Å². The fraction of sp³-hybridized carbons (Fsp3) is 0.804. The Balaban J connectivity index is 4.38. The molecule has 0 aliphatic heterocycles. The number of carbonyl (C=O) groups is 3. The van der Waals surface area contributed by atoms with Gasteiger partial charge in [-0.2, -0.15) is 0 Å². The molecule has 360 valence electrons. The minimum atomic E-state index is -0.780. The summed E-state index contributed by atoms with van der Waals surface area (Å²) in [7, 11) is 0. The van der Waals surface area contributed by atoms with Crippen LogP contribution >= 0.6 is 0 Å². The maximum Gasteiger partial charge on any atom is 0.306 e. The van der Waals surface area contributed by atoms with Crippen molar-refractivity contribution in [3.05, 3.63) is 48.6 Å². The van der Waals surface area contributed by atoms with Crippen LogP contribution in [0.5, 0.6) is 0 Å². The van der Waals surface area contributed by atoms with Crippen molar-refractivity contribution in [2.45, 2.75) is 277 Å². The number of esters is 3. The second-order valence-electron chi connectivity index (χ2n) is 17.8. The number of carbonyl (C=O) groups excluding carboxylic acids is 3. The van der Waals surface area contributed by atoms with Crippen LogP contribution in [0.25, 0.3) is 0 Å². The molecule has 0 spiro atoms. The van der Waals surface area contributed by atoms with Crippen molar-refractivity contribution in [3.63, 3.8) is 0 Å². The van der Waals surface area contributed by atoms with E-state index in [1.807, 2.05) is 0 Å². The third-order valence-electron chi connectivity index (χ3n) is 11.6. The maximum absolute atomic E-state index is 12.8. The summed E-state index contributed by atoms with van der Waals surface area (Å²) in [5.41, 5.74) is 0. The van der Waals surface area contributed by atoms with Crippen molar-refractivity contribution in [1.82, 2.24) is 0 Å². The summed E-state index contributed by atoms with van der Waals surface area (Å²) in [6, 6.07) is 0. The van der Waals surface area contributed by atoms with Crippen molar-refractivity contribution in [2.75, 3.05) is 13.2 Å². The Morgan fingerprint density at radius 1 is 0.323 bits per heavy atom. The van der Waals surface area contributed by atoms with Crippen molar-refractivity contribution >= 4 is 17.9 Å². The van der Waals surface area contributed by atoms with E-state index < -0.39 is 6.10 Å². The first-order chi connectivity index (χ1) is 30.5. The molecule has 0 aliphatic carbocycles. The lowest BCUT2D eigenvalue weighted by atomic mass is 10.0. The third-order valence-corrected chi connectivity index (χ3v) is 11.6. The molecule has 0 aromatic rings. The quantitative estimate of drug-likeness (QED) is 0.0262. The third kappa shape index (κ3) is 48.4. The lowest BCUT2D eigenvalue weighted by molar-refractivity contribution is -0.167. The largest absolute Gasteiger partial charge is 0.462 e. The van der Waals surface area contributed by atoms with Crippen LogP contribution in [-0.4, -0.2) is 37.2 Å². The number of unbranched alkanes of at least 4 members (excludes halogenated alkanes) is 29. The Bertz CT molecular complexity index is 1090. The number of rotatable bonds is 48. The van der Waals surface area contributed by atoms with Gasteiger partial charge in [0.1, 0.15) is 13.2 Å². The predicted molar refractivity (Wildman–Crippen MR) is 265 cm³/mol. The summed E-state index contributed by atoms with van der Waals surface area (Å²) in [6.07, 6.45) is 60.9. The number of ether oxygens (including phenoxy) is 3. The topological polar surface area (TPSA) is 78.9 Å². The van der Waals surface area contributed by atoms with E-state index in [1.165, 1.54) is 135 Å². The number of hydrogen-bond donors (Lipinski definition) is 0. The smallest absolute Gasteiger partial charge is 0.306 e. The van der Waals surface area contributed by atoms with E-state index in [0.717, 1.165) is 96.3 Å². The van der Waals surface area contributed by atoms with Gasteiger partial charge in [-0.05, 0) is 83.5 Å². The average molecular weight is 869 g/mol. The molecule has 0 aromatic carbocycles. The van der Waals surface area contributed by atoms with E-state index in [4.69, 9.17) is 14.2 Å². The summed E-state index contributed by atoms with van der Waals surface area (Å²) in [6.45, 7) is 6.58. The van der Waals surface area contributed by atoms with Crippen LogP contribution < -0.4 is 0 Å². The SMILES string of the molecule is CCCCC/C=C\C/C=C\CCCCCCCCCC(=O)OCC(COC(=O)CCCCCCCCCCCCCC)OC(=O)CCCCCCC/C=C\C/C=C\CCCCC. The first-order valence-electron chi connectivity index (χ1n) is 26.6. The molecule has 62 heavy (non-hydrogen) atoms. The molecule has 0 aromatic heterocycles. The standard InChI is InChI=1S/C56H100O6/c1-4-7-10-13-16-19-22-25-27-28-30-31-34-37-40-43-46-49-55(58)61-52-53(51-60-54(57)48-45-42-39-36-33-24-21-18-15-12-9-6-3)62-56(59)50-47-44-41-38-35-32-29-26-23-20-17-14-11-8-5-2/h16-17,19-20,25-27,29,53H,4-15,18,21-24,28,30-52H2,1-3H3/b19-16-,20-17-,27-25-,29-26-. The average Bonchev–Trinajstić information content (AvgIpc) is 3.27. The van der Waals surface area contributed by atoms with Gasteiger partial charge in [0, 0.05) is 19.3 Å². The van der Waals surface area contributed by atoms with Gasteiger partial charge in [0.25, 0.3) is 0 Å². The van der Waals surface area contributed by atoms with Crippen LogP contribution in [0.2, 0.25) is 0 Å². The highest BCUT2D eigenvalue weighted by Crippen LogP contribution is 2.15. The molecule has 0 heterocycles. The van der Waals surface area contributed by atoms with Crippen molar-refractivity contribution < 1.29 is 28.6 Å². The summed E-state index contributed by atoms with van der Waals surface area (Å²) < 4.78 is 16.8. The van der Waals surface area contributed by atoms with Gasteiger partial charge in [-0.3, -0.25) is 14.4 Å². The molecule has 0 saturated heterocycles. The Labute approximate surface area is 384 Å². The normalized spacial score (nSPS) is 12.4. The molecule has 0 aliphatic rings. The van der Waals surface area contributed by atoms with Crippen LogP contribution in [-0.2, 0) is 28.6 Å². The van der Waals surface area contributed by atoms with E-state index in [2.05, 4.69) is 69.4 Å². The minimum absolute atomic E-state index is 0.0791. The Morgan fingerprint density at radius 3 is 0.919 bits per heavy atom. The zero-order valence-electron chi connectivity index (χ0n) is 41.1. The lowest BCUT2D eigenvalue weighted by Crippen LogP contribution is -2.30. The number of allylic oxidation sites excluding steroid dienone is 8. The molecule has 0 amide bonds. The molecule has 0 N–H and O–H groups in total. The van der Waals surface area contributed by atoms with E-state index in [9.17, 15) is 14.4 Å². The molecule has 0 bridgehead atoms. The Morgan fingerprint density at radius 2 is 0.581 bits per heavy atom. The first kappa shape index (κ1) is 59.4. The van der Waals surface area contributed by atoms with E-state index in [1.54, 1.807) is 0 Å². The van der Waals surface area contributed by atoms with Gasteiger partial charge >= 0.3 is 17.9 Å². The van der Waals surface area contributed by atoms with Gasteiger partial charge in [-0.25, -0.2) is 0 Å². The van der Waals surface area contributed by atoms with Gasteiger partial charge in [0.15, 0.2) is 6.10 Å². The van der Waals surface area contributed by atoms with Crippen LogP contribution in [0, 0.1) is 0 Å². The monoisotopic (exact) mass is 869 g/mol. The Kier molecular flexibility index (Phi) is 48.8. The summed E-state index contributed by atoms with van der Waals surface area (Å²) in [4.78, 5) is 38.0. The van der Waals surface area contributed by atoms with Crippen LogP contribution in [0.15, 0.2) is 48.6 Å². The van der Waals surface area contributed by atoms with E-state index in [0.29, 0.717) is 19.3 Å². The molecule has 0 radical (unpaired) electrons. The fourth-order valence-electron chi connectivity index (χ4n) is 7.50. The zero-order valence-corrected chi connectivity index (χ0v) is 41.1. The minimum Gasteiger partial charge on any atom is -0.462 e. The summed E-state index contributed by atoms with van der Waals surface area (Å²) in [5, 5.41) is 0. The van der Waals surface area contributed by atoms with E-state index in [-0.39, 0.29) is 31.1 Å². The highest BCUT2D eigenvalue weighted by atomic mass is 16.6. The Hall–Kier alpha value is -2.63. The zero-order chi connectivity index (χ0) is 45.1. The molecular formula is C56H100O6. The molecule has 0 saturated carbocycles. The molecule has 1 unspecified atom stereocenters. The van der Waals surface area contributed by atoms with Crippen molar-refractivity contribution in [2.24, 2.45) is 0 Å². The van der Waals surface area contributed by atoms with Gasteiger partial charge < -0.3 is 14.2 Å². The fourth-order valence-corrected chi connectivity index (χ4v) is 7.50. The van der Waals surface area contributed by atoms with Crippen LogP contribution in [0.1, 0.15) is 271 Å². The number of hydrogen-bond acceptors (Lipinski definition) is 6. The lowest BCUT2D eigenvalue weighted by Gasteiger charge is -2.18. The second-order valence-corrected chi connectivity index (χ2v) is 17.8. The van der Waals surface area contributed by atoms with Crippen LogP contribution in [0.3, 0.4) is 0 Å². The molecule has 1 atom stereocenters. The maximum atomic E-state index is 12.8. The van der Waals surface area contributed by atoms with Crippen molar-refractivity contribution in [3.8, 4) is 0 Å². The van der Waals surface area contributed by atoms with Gasteiger partial charge in [-0.15, -0.1) is 0 Å². The molecule has 6 heteroatoms. The first-order valence-corrected chi connectivity index (χ1v) is 26.6. The van der Waals surface area contributed by atoms with E-state index >= 15 is 0 Å². The molecule has 0 rings (SSSR count). The van der Waals surface area contributed by atoms with Gasteiger partial charge in [0.2, 0.25) is 0 Å². The summed E-state index contributed by atoms with van der Waals surface area (Å²) in [5.74, 6) is -0.893. The predicted octanol–water partition coefficient (Wildman–Crippen LogP) is 17.5. The second kappa shape index (κ2) is 51.0. The summed E-state index contributed by atoms with van der Waals surface area (Å²) >= 11 is 0. The van der Waals surface area contributed by atoms with Crippen molar-refractivity contribution in [1.29, 1.82) is 0 Å². The molecule has 6 nitrogen and oxygen atoms in total.